The predicted molar refractivity (Wildman–Crippen MR) is 144 cm³/mol. The van der Waals surface area contributed by atoms with E-state index in [9.17, 15) is 14.7 Å². The van der Waals surface area contributed by atoms with Gasteiger partial charge in [-0.1, -0.05) is 75.7 Å². The van der Waals surface area contributed by atoms with Gasteiger partial charge >= 0.3 is 0 Å². The summed E-state index contributed by atoms with van der Waals surface area (Å²) < 4.78 is 5.21. The predicted octanol–water partition coefficient (Wildman–Crippen LogP) is 7.22. The van der Waals surface area contributed by atoms with E-state index < -0.39 is 17.7 Å². The monoisotopic (exact) mass is 503 g/mol. The lowest BCUT2D eigenvalue weighted by atomic mass is 9.93. The smallest absolute Gasteiger partial charge is 0.300 e. The number of carbonyl (C=O) groups is 2. The van der Waals surface area contributed by atoms with Crippen molar-refractivity contribution in [1.82, 2.24) is 0 Å². The van der Waals surface area contributed by atoms with Gasteiger partial charge in [-0.2, -0.15) is 0 Å². The molecule has 1 aliphatic heterocycles. The van der Waals surface area contributed by atoms with E-state index in [2.05, 4.69) is 27.7 Å². The van der Waals surface area contributed by atoms with E-state index in [1.165, 1.54) is 18.1 Å². The first kappa shape index (κ1) is 25.5. The van der Waals surface area contributed by atoms with Gasteiger partial charge in [-0.05, 0) is 58.9 Å². The fourth-order valence-corrected chi connectivity index (χ4v) is 4.72. The minimum Gasteiger partial charge on any atom is -0.507 e. The van der Waals surface area contributed by atoms with Gasteiger partial charge in [0.15, 0.2) is 0 Å². The number of ketones is 1. The molecular formula is C30H30ClNO4. The lowest BCUT2D eigenvalue weighted by Gasteiger charge is -2.26. The molecule has 0 spiro atoms. The van der Waals surface area contributed by atoms with Gasteiger partial charge in [-0.3, -0.25) is 14.5 Å². The maximum Gasteiger partial charge on any atom is 0.300 e. The number of rotatable bonds is 6. The molecular weight excluding hydrogens is 474 g/mol. The molecule has 1 unspecified atom stereocenters. The summed E-state index contributed by atoms with van der Waals surface area (Å²) >= 11 is 6.29. The molecule has 1 aliphatic rings. The molecule has 186 valence electrons. The average molecular weight is 504 g/mol. The maximum absolute atomic E-state index is 13.4. The van der Waals surface area contributed by atoms with Crippen LogP contribution in [0.25, 0.3) is 5.76 Å². The zero-order valence-corrected chi connectivity index (χ0v) is 21.8. The molecule has 0 saturated carbocycles. The third-order valence-corrected chi connectivity index (χ3v) is 6.92. The number of Topliss-reactive ketones (excluding diaryl/α,β-unsaturated/α-hetero) is 1. The van der Waals surface area contributed by atoms with Crippen LogP contribution in [0.15, 0.2) is 72.3 Å². The van der Waals surface area contributed by atoms with Gasteiger partial charge in [0.25, 0.3) is 11.7 Å². The van der Waals surface area contributed by atoms with Gasteiger partial charge < -0.3 is 9.84 Å². The molecule has 0 aromatic heterocycles. The molecule has 1 saturated heterocycles. The van der Waals surface area contributed by atoms with Gasteiger partial charge in [0, 0.05) is 11.3 Å². The number of hydrogen-bond donors (Lipinski definition) is 1. The van der Waals surface area contributed by atoms with Crippen molar-refractivity contribution in [3.8, 4) is 5.75 Å². The molecule has 1 fully saturated rings. The largest absolute Gasteiger partial charge is 0.507 e. The van der Waals surface area contributed by atoms with Crippen molar-refractivity contribution in [2.75, 3.05) is 12.0 Å². The van der Waals surface area contributed by atoms with E-state index in [1.807, 2.05) is 48.5 Å². The molecule has 1 atom stereocenters. The van der Waals surface area contributed by atoms with Gasteiger partial charge in [-0.25, -0.2) is 0 Å². The SMILES string of the molecule is COc1ccc(/C(O)=C2/C(=O)C(=O)N(c3ccc(C(C)C)cc3)C2c2ccc(C(C)C)cc2)cc1Cl. The summed E-state index contributed by atoms with van der Waals surface area (Å²) in [6, 6.07) is 19.4. The Hall–Kier alpha value is -3.57. The third-order valence-electron chi connectivity index (χ3n) is 6.63. The van der Waals surface area contributed by atoms with E-state index in [4.69, 9.17) is 16.3 Å². The standard InChI is InChI=1S/C30H30ClNO4/c1-17(2)19-6-8-21(9-7-19)27-26(28(33)22-12-15-25(36-5)24(31)16-22)29(34)30(35)32(27)23-13-10-20(11-14-23)18(3)4/h6-18,27,33H,1-5H3/b28-26-. The van der Waals surface area contributed by atoms with Gasteiger partial charge in [0.2, 0.25) is 0 Å². The molecule has 0 radical (unpaired) electrons. The number of halogens is 1. The normalized spacial score (nSPS) is 17.3. The van der Waals surface area contributed by atoms with Gasteiger partial charge in [0.1, 0.15) is 11.5 Å². The molecule has 0 bridgehead atoms. The quantitative estimate of drug-likeness (QED) is 0.219. The topological polar surface area (TPSA) is 66.8 Å². The summed E-state index contributed by atoms with van der Waals surface area (Å²) in [4.78, 5) is 28.2. The number of aliphatic hydroxyl groups excluding tert-OH is 1. The Morgan fingerprint density at radius 3 is 1.94 bits per heavy atom. The van der Waals surface area contributed by atoms with Crippen molar-refractivity contribution in [1.29, 1.82) is 0 Å². The first-order valence-electron chi connectivity index (χ1n) is 12.0. The Bertz CT molecular complexity index is 1320. The fourth-order valence-electron chi connectivity index (χ4n) is 4.47. The molecule has 1 heterocycles. The highest BCUT2D eigenvalue weighted by atomic mass is 35.5. The van der Waals surface area contributed by atoms with Crippen LogP contribution in [0.2, 0.25) is 5.02 Å². The Morgan fingerprint density at radius 2 is 1.44 bits per heavy atom. The van der Waals surface area contributed by atoms with Gasteiger partial charge in [0.05, 0.1) is 23.7 Å². The Morgan fingerprint density at radius 1 is 0.889 bits per heavy atom. The number of anilines is 1. The van der Waals surface area contributed by atoms with E-state index in [0.717, 1.165) is 16.7 Å². The van der Waals surface area contributed by atoms with E-state index in [1.54, 1.807) is 12.1 Å². The molecule has 3 aromatic rings. The summed E-state index contributed by atoms with van der Waals surface area (Å²) in [6.45, 7) is 8.39. The minimum atomic E-state index is -0.794. The first-order chi connectivity index (χ1) is 17.1. The van der Waals surface area contributed by atoms with E-state index in [-0.39, 0.29) is 16.4 Å². The fraction of sp³-hybridized carbons (Fsp3) is 0.267. The van der Waals surface area contributed by atoms with Crippen LogP contribution in [-0.4, -0.2) is 23.9 Å². The van der Waals surface area contributed by atoms with Crippen LogP contribution in [-0.2, 0) is 9.59 Å². The van der Waals surface area contributed by atoms with Crippen LogP contribution in [0.1, 0.15) is 67.8 Å². The molecule has 1 amide bonds. The highest BCUT2D eigenvalue weighted by Gasteiger charge is 2.47. The van der Waals surface area contributed by atoms with Crippen molar-refractivity contribution in [2.45, 2.75) is 45.6 Å². The van der Waals surface area contributed by atoms with Crippen LogP contribution in [0.3, 0.4) is 0 Å². The number of hydrogen-bond acceptors (Lipinski definition) is 4. The molecule has 3 aromatic carbocycles. The van der Waals surface area contributed by atoms with Crippen molar-refractivity contribution in [3.63, 3.8) is 0 Å². The molecule has 5 nitrogen and oxygen atoms in total. The number of methoxy groups -OCH3 is 1. The molecule has 36 heavy (non-hydrogen) atoms. The van der Waals surface area contributed by atoms with Crippen molar-refractivity contribution >= 4 is 34.7 Å². The number of ether oxygens (including phenoxy) is 1. The number of carbonyl (C=O) groups excluding carboxylic acids is 2. The third kappa shape index (κ3) is 4.63. The van der Waals surface area contributed by atoms with Crippen molar-refractivity contribution < 1.29 is 19.4 Å². The zero-order valence-electron chi connectivity index (χ0n) is 21.1. The average Bonchev–Trinajstić information content (AvgIpc) is 3.13. The van der Waals surface area contributed by atoms with Crippen LogP contribution < -0.4 is 9.64 Å². The van der Waals surface area contributed by atoms with Crippen LogP contribution in [0.4, 0.5) is 5.69 Å². The second-order valence-corrected chi connectivity index (χ2v) is 9.99. The second-order valence-electron chi connectivity index (χ2n) is 9.59. The van der Waals surface area contributed by atoms with Crippen LogP contribution in [0, 0.1) is 0 Å². The molecule has 6 heteroatoms. The Kier molecular flexibility index (Phi) is 7.23. The van der Waals surface area contributed by atoms with E-state index >= 15 is 0 Å². The lowest BCUT2D eigenvalue weighted by molar-refractivity contribution is -0.132. The molecule has 0 aliphatic carbocycles. The molecule has 4 rings (SSSR count). The summed E-state index contributed by atoms with van der Waals surface area (Å²) in [5.74, 6) is -0.613. The summed E-state index contributed by atoms with van der Waals surface area (Å²) in [5, 5.41) is 11.6. The first-order valence-corrected chi connectivity index (χ1v) is 12.4. The Balaban J connectivity index is 1.90. The lowest BCUT2D eigenvalue weighted by Crippen LogP contribution is -2.29. The number of amides is 1. The molecule has 1 N–H and O–H groups in total. The van der Waals surface area contributed by atoms with Crippen LogP contribution in [0.5, 0.6) is 5.75 Å². The summed E-state index contributed by atoms with van der Waals surface area (Å²) in [6.07, 6.45) is 0. The highest BCUT2D eigenvalue weighted by Crippen LogP contribution is 2.43. The number of aliphatic hydroxyl groups is 1. The number of nitrogens with zero attached hydrogens (tertiary/aromatic N) is 1. The van der Waals surface area contributed by atoms with Crippen LogP contribution >= 0.6 is 11.6 Å². The second kappa shape index (κ2) is 10.2. The maximum atomic E-state index is 13.4. The van der Waals surface area contributed by atoms with Crippen molar-refractivity contribution in [3.05, 3.63) is 99.6 Å². The highest BCUT2D eigenvalue weighted by molar-refractivity contribution is 6.51. The van der Waals surface area contributed by atoms with Crippen molar-refractivity contribution in [2.24, 2.45) is 0 Å². The van der Waals surface area contributed by atoms with E-state index in [0.29, 0.717) is 28.8 Å². The number of benzene rings is 3. The minimum absolute atomic E-state index is 0.0199. The summed E-state index contributed by atoms with van der Waals surface area (Å²) in [5.41, 5.74) is 3.93. The van der Waals surface area contributed by atoms with Gasteiger partial charge in [-0.15, -0.1) is 0 Å². The zero-order chi connectivity index (χ0) is 26.1. The summed E-state index contributed by atoms with van der Waals surface area (Å²) in [7, 11) is 1.50. The Labute approximate surface area is 217 Å².